The van der Waals surface area contributed by atoms with Crippen LogP contribution in [0.1, 0.15) is 11.3 Å². The van der Waals surface area contributed by atoms with Gasteiger partial charge in [0.1, 0.15) is 0 Å². The van der Waals surface area contributed by atoms with Crippen LogP contribution in [0.2, 0.25) is 0 Å². The van der Waals surface area contributed by atoms with Gasteiger partial charge in [0.15, 0.2) is 9.84 Å². The Bertz CT molecular complexity index is 727. The number of methoxy groups -OCH3 is 1. The molecule has 0 unspecified atom stereocenters. The predicted molar refractivity (Wildman–Crippen MR) is 77.3 cm³/mol. The SMILES string of the molecule is COc1cccc(CS(=O)(=O)c2cccc(N)c2C)n1. The van der Waals surface area contributed by atoms with E-state index < -0.39 is 9.84 Å². The van der Waals surface area contributed by atoms with Gasteiger partial charge in [-0.3, -0.25) is 0 Å². The molecule has 6 heteroatoms. The van der Waals surface area contributed by atoms with Gasteiger partial charge in [-0.2, -0.15) is 0 Å². The van der Waals surface area contributed by atoms with E-state index in [1.807, 2.05) is 0 Å². The number of nitrogens with zero attached hydrogens (tertiary/aromatic N) is 1. The summed E-state index contributed by atoms with van der Waals surface area (Å²) >= 11 is 0. The van der Waals surface area contributed by atoms with Crippen LogP contribution in [-0.2, 0) is 15.6 Å². The Morgan fingerprint density at radius 1 is 1.20 bits per heavy atom. The van der Waals surface area contributed by atoms with Gasteiger partial charge in [-0.25, -0.2) is 13.4 Å². The molecule has 2 rings (SSSR count). The molecule has 2 N–H and O–H groups in total. The Morgan fingerprint density at radius 3 is 2.60 bits per heavy atom. The van der Waals surface area contributed by atoms with Gasteiger partial charge >= 0.3 is 0 Å². The summed E-state index contributed by atoms with van der Waals surface area (Å²) in [6.45, 7) is 1.70. The predicted octanol–water partition coefficient (Wildman–Crippen LogP) is 1.95. The van der Waals surface area contributed by atoms with Crippen LogP contribution in [0, 0.1) is 6.92 Å². The lowest BCUT2D eigenvalue weighted by atomic mass is 10.2. The van der Waals surface area contributed by atoms with Crippen LogP contribution >= 0.6 is 0 Å². The average molecular weight is 292 g/mol. The normalized spacial score (nSPS) is 11.3. The number of hydrogen-bond donors (Lipinski definition) is 1. The first-order valence-electron chi connectivity index (χ1n) is 6.02. The molecule has 0 saturated carbocycles. The third-order valence-electron chi connectivity index (χ3n) is 2.99. The Kier molecular flexibility index (Phi) is 3.94. The van der Waals surface area contributed by atoms with E-state index in [4.69, 9.17) is 10.5 Å². The second-order valence-corrected chi connectivity index (χ2v) is 6.36. The Labute approximate surface area is 118 Å². The number of rotatable bonds is 4. The third-order valence-corrected chi connectivity index (χ3v) is 4.78. The first kappa shape index (κ1) is 14.3. The molecule has 1 aromatic heterocycles. The molecule has 1 heterocycles. The topological polar surface area (TPSA) is 82.3 Å². The molecular weight excluding hydrogens is 276 g/mol. The average Bonchev–Trinajstić information content (AvgIpc) is 2.41. The maximum absolute atomic E-state index is 12.4. The maximum atomic E-state index is 12.4. The fraction of sp³-hybridized carbons (Fsp3) is 0.214. The second kappa shape index (κ2) is 5.50. The molecule has 0 amide bonds. The number of aromatic nitrogens is 1. The van der Waals surface area contributed by atoms with Crippen molar-refractivity contribution in [2.24, 2.45) is 0 Å². The molecule has 20 heavy (non-hydrogen) atoms. The Balaban J connectivity index is 2.38. The standard InChI is InChI=1S/C14H16N2O3S/c1-10-12(15)6-4-7-13(10)20(17,18)9-11-5-3-8-14(16-11)19-2/h3-8H,9,15H2,1-2H3. The molecular formula is C14H16N2O3S. The summed E-state index contributed by atoms with van der Waals surface area (Å²) < 4.78 is 29.9. The minimum absolute atomic E-state index is 0.186. The van der Waals surface area contributed by atoms with Crippen LogP contribution < -0.4 is 10.5 Å². The first-order chi connectivity index (χ1) is 9.44. The summed E-state index contributed by atoms with van der Waals surface area (Å²) in [5, 5.41) is 0. The van der Waals surface area contributed by atoms with E-state index in [1.165, 1.54) is 7.11 Å². The highest BCUT2D eigenvalue weighted by Crippen LogP contribution is 2.24. The van der Waals surface area contributed by atoms with Gasteiger partial charge in [-0.15, -0.1) is 0 Å². The van der Waals surface area contributed by atoms with Gasteiger partial charge in [0.2, 0.25) is 5.88 Å². The molecule has 0 atom stereocenters. The molecule has 0 aliphatic rings. The van der Waals surface area contributed by atoms with E-state index in [0.717, 1.165) is 0 Å². The van der Waals surface area contributed by atoms with Crippen molar-refractivity contribution in [3.05, 3.63) is 47.7 Å². The lowest BCUT2D eigenvalue weighted by Crippen LogP contribution is -2.09. The van der Waals surface area contributed by atoms with E-state index in [0.29, 0.717) is 22.8 Å². The van der Waals surface area contributed by atoms with Gasteiger partial charge < -0.3 is 10.5 Å². The van der Waals surface area contributed by atoms with E-state index in [2.05, 4.69) is 4.98 Å². The monoisotopic (exact) mass is 292 g/mol. The number of nitrogens with two attached hydrogens (primary N) is 1. The summed E-state index contributed by atoms with van der Waals surface area (Å²) in [7, 11) is -2.00. The summed E-state index contributed by atoms with van der Waals surface area (Å²) in [5.74, 6) is 0.205. The zero-order valence-electron chi connectivity index (χ0n) is 11.3. The minimum atomic E-state index is -3.49. The maximum Gasteiger partial charge on any atom is 0.213 e. The van der Waals surface area contributed by atoms with E-state index >= 15 is 0 Å². The lowest BCUT2D eigenvalue weighted by molar-refractivity contribution is 0.396. The molecule has 0 spiro atoms. The molecule has 1 aromatic carbocycles. The number of ether oxygens (including phenoxy) is 1. The van der Waals surface area contributed by atoms with Crippen LogP contribution in [0.5, 0.6) is 5.88 Å². The summed E-state index contributed by atoms with van der Waals surface area (Å²) in [6.07, 6.45) is 0. The zero-order chi connectivity index (χ0) is 14.8. The molecule has 106 valence electrons. The van der Waals surface area contributed by atoms with Gasteiger partial charge in [0.25, 0.3) is 0 Å². The van der Waals surface area contributed by atoms with Crippen LogP contribution in [0.15, 0.2) is 41.3 Å². The van der Waals surface area contributed by atoms with Crippen molar-refractivity contribution < 1.29 is 13.2 Å². The Hall–Kier alpha value is -2.08. The van der Waals surface area contributed by atoms with Gasteiger partial charge in [-0.05, 0) is 30.7 Å². The van der Waals surface area contributed by atoms with Crippen molar-refractivity contribution in [3.8, 4) is 5.88 Å². The quantitative estimate of drug-likeness (QED) is 0.871. The summed E-state index contributed by atoms with van der Waals surface area (Å²) in [4.78, 5) is 4.36. The minimum Gasteiger partial charge on any atom is -0.481 e. The largest absolute Gasteiger partial charge is 0.481 e. The summed E-state index contributed by atoms with van der Waals surface area (Å²) in [6, 6.07) is 9.90. The van der Waals surface area contributed by atoms with Crippen LogP contribution in [0.4, 0.5) is 5.69 Å². The number of anilines is 1. The molecule has 0 radical (unpaired) electrons. The Morgan fingerprint density at radius 2 is 1.90 bits per heavy atom. The number of pyridine rings is 1. The number of nitrogen functional groups attached to an aromatic ring is 1. The van der Waals surface area contributed by atoms with Crippen molar-refractivity contribution in [3.63, 3.8) is 0 Å². The van der Waals surface area contributed by atoms with Gasteiger partial charge in [0.05, 0.1) is 23.5 Å². The van der Waals surface area contributed by atoms with Crippen molar-refractivity contribution in [1.82, 2.24) is 4.98 Å². The highest BCUT2D eigenvalue weighted by atomic mass is 32.2. The molecule has 5 nitrogen and oxygen atoms in total. The highest BCUT2D eigenvalue weighted by Gasteiger charge is 2.19. The highest BCUT2D eigenvalue weighted by molar-refractivity contribution is 7.90. The smallest absolute Gasteiger partial charge is 0.213 e. The van der Waals surface area contributed by atoms with E-state index in [-0.39, 0.29) is 10.6 Å². The molecule has 2 aromatic rings. The van der Waals surface area contributed by atoms with Crippen LogP contribution in [-0.4, -0.2) is 20.5 Å². The van der Waals surface area contributed by atoms with Gasteiger partial charge in [0, 0.05) is 11.8 Å². The van der Waals surface area contributed by atoms with Crippen molar-refractivity contribution in [1.29, 1.82) is 0 Å². The fourth-order valence-corrected chi connectivity index (χ4v) is 3.47. The number of benzene rings is 1. The molecule has 0 bridgehead atoms. The van der Waals surface area contributed by atoms with Crippen molar-refractivity contribution >= 4 is 15.5 Å². The second-order valence-electron chi connectivity index (χ2n) is 4.40. The van der Waals surface area contributed by atoms with Crippen molar-refractivity contribution in [2.45, 2.75) is 17.6 Å². The van der Waals surface area contributed by atoms with Crippen LogP contribution in [0.3, 0.4) is 0 Å². The number of sulfone groups is 1. The van der Waals surface area contributed by atoms with E-state index in [1.54, 1.807) is 43.3 Å². The fourth-order valence-electron chi connectivity index (χ4n) is 1.89. The zero-order valence-corrected chi connectivity index (χ0v) is 12.1. The van der Waals surface area contributed by atoms with Crippen LogP contribution in [0.25, 0.3) is 0 Å². The molecule has 0 saturated heterocycles. The molecule has 0 aliphatic carbocycles. The third kappa shape index (κ3) is 2.91. The molecule has 0 fully saturated rings. The van der Waals surface area contributed by atoms with E-state index in [9.17, 15) is 8.42 Å². The number of hydrogen-bond acceptors (Lipinski definition) is 5. The van der Waals surface area contributed by atoms with Gasteiger partial charge in [-0.1, -0.05) is 12.1 Å². The lowest BCUT2D eigenvalue weighted by Gasteiger charge is -2.09. The summed E-state index contributed by atoms with van der Waals surface area (Å²) in [5.41, 5.74) is 7.22. The van der Waals surface area contributed by atoms with Crippen molar-refractivity contribution in [2.75, 3.05) is 12.8 Å². The first-order valence-corrected chi connectivity index (χ1v) is 7.67. The molecule has 0 aliphatic heterocycles.